The maximum atomic E-state index is 13.0. The first-order valence-electron chi connectivity index (χ1n) is 3.85. The lowest BCUT2D eigenvalue weighted by Crippen LogP contribution is -2.29. The fraction of sp³-hybridized carbons (Fsp3) is 0.333. The molecular formula is C9H8BrFO2. The fourth-order valence-corrected chi connectivity index (χ4v) is 1.54. The average molecular weight is 247 g/mol. The molecule has 0 spiro atoms. The van der Waals surface area contributed by atoms with Gasteiger partial charge in [0.1, 0.15) is 5.82 Å². The molecule has 0 N–H and O–H groups in total. The lowest BCUT2D eigenvalue weighted by molar-refractivity contribution is -0.0432. The highest BCUT2D eigenvalue weighted by molar-refractivity contribution is 9.10. The lowest BCUT2D eigenvalue weighted by Gasteiger charge is -2.16. The molecule has 0 unspecified atom stereocenters. The van der Waals surface area contributed by atoms with Crippen LogP contribution in [0.2, 0.25) is 0 Å². The van der Waals surface area contributed by atoms with E-state index < -0.39 is 5.79 Å². The Bertz CT molecular complexity index is 330. The SMILES string of the molecule is CC1(C)Oc2cc(F)c(Br)cc2O1. The average Bonchev–Trinajstić information content (AvgIpc) is 2.24. The van der Waals surface area contributed by atoms with Crippen LogP contribution >= 0.6 is 15.9 Å². The van der Waals surface area contributed by atoms with Gasteiger partial charge in [-0.05, 0) is 15.9 Å². The van der Waals surface area contributed by atoms with E-state index in [-0.39, 0.29) is 5.82 Å². The summed E-state index contributed by atoms with van der Waals surface area (Å²) >= 11 is 3.08. The highest BCUT2D eigenvalue weighted by Gasteiger charge is 2.32. The molecule has 0 fully saturated rings. The Morgan fingerprint density at radius 3 is 2.38 bits per heavy atom. The quantitative estimate of drug-likeness (QED) is 0.701. The summed E-state index contributed by atoms with van der Waals surface area (Å²) in [5, 5.41) is 0. The van der Waals surface area contributed by atoms with Crippen LogP contribution in [0.4, 0.5) is 4.39 Å². The van der Waals surface area contributed by atoms with Crippen LogP contribution in [0.3, 0.4) is 0 Å². The first-order chi connectivity index (χ1) is 5.98. The van der Waals surface area contributed by atoms with Crippen LogP contribution in [0.5, 0.6) is 11.5 Å². The minimum absolute atomic E-state index is 0.347. The van der Waals surface area contributed by atoms with Crippen molar-refractivity contribution in [3.8, 4) is 11.5 Å². The summed E-state index contributed by atoms with van der Waals surface area (Å²) in [6.07, 6.45) is 0. The summed E-state index contributed by atoms with van der Waals surface area (Å²) in [5.41, 5.74) is 0. The van der Waals surface area contributed by atoms with Gasteiger partial charge in [-0.3, -0.25) is 0 Å². The van der Waals surface area contributed by atoms with Gasteiger partial charge in [-0.2, -0.15) is 0 Å². The highest BCUT2D eigenvalue weighted by atomic mass is 79.9. The highest BCUT2D eigenvalue weighted by Crippen LogP contribution is 2.41. The summed E-state index contributed by atoms with van der Waals surface area (Å²) in [7, 11) is 0. The van der Waals surface area contributed by atoms with Gasteiger partial charge in [-0.1, -0.05) is 0 Å². The van der Waals surface area contributed by atoms with Gasteiger partial charge < -0.3 is 9.47 Å². The molecule has 0 bridgehead atoms. The zero-order valence-corrected chi connectivity index (χ0v) is 8.81. The number of halogens is 2. The maximum absolute atomic E-state index is 13.0. The zero-order valence-electron chi connectivity index (χ0n) is 7.23. The minimum Gasteiger partial charge on any atom is -0.449 e. The van der Waals surface area contributed by atoms with E-state index in [1.807, 2.05) is 0 Å². The van der Waals surface area contributed by atoms with E-state index in [0.29, 0.717) is 16.0 Å². The Hall–Kier alpha value is -0.770. The topological polar surface area (TPSA) is 18.5 Å². The third-order valence-electron chi connectivity index (χ3n) is 1.70. The van der Waals surface area contributed by atoms with Crippen molar-refractivity contribution in [1.82, 2.24) is 0 Å². The molecule has 1 aromatic rings. The van der Waals surface area contributed by atoms with E-state index in [1.165, 1.54) is 6.07 Å². The summed E-state index contributed by atoms with van der Waals surface area (Å²) in [6, 6.07) is 2.88. The number of fused-ring (bicyclic) bond motifs is 1. The Balaban J connectivity index is 2.48. The second-order valence-corrected chi connectivity index (χ2v) is 4.17. The van der Waals surface area contributed by atoms with Crippen LogP contribution in [-0.4, -0.2) is 5.79 Å². The Labute approximate surface area is 83.8 Å². The van der Waals surface area contributed by atoms with Crippen LogP contribution in [0.15, 0.2) is 16.6 Å². The van der Waals surface area contributed by atoms with Gasteiger partial charge >= 0.3 is 0 Å². The minimum atomic E-state index is -0.699. The van der Waals surface area contributed by atoms with Gasteiger partial charge in [-0.25, -0.2) is 4.39 Å². The molecule has 0 saturated carbocycles. The number of rotatable bonds is 0. The summed E-state index contributed by atoms with van der Waals surface area (Å²) in [5.74, 6) is -0.0284. The second kappa shape index (κ2) is 2.61. The lowest BCUT2D eigenvalue weighted by atomic mass is 10.3. The molecule has 0 radical (unpaired) electrons. The molecule has 0 aliphatic carbocycles. The molecule has 1 aromatic carbocycles. The smallest absolute Gasteiger partial charge is 0.246 e. The van der Waals surface area contributed by atoms with Crippen LogP contribution in [-0.2, 0) is 0 Å². The molecule has 0 atom stereocenters. The predicted molar refractivity (Wildman–Crippen MR) is 49.4 cm³/mol. The molecule has 0 saturated heterocycles. The Kier molecular flexibility index (Phi) is 1.77. The molecule has 1 aliphatic heterocycles. The van der Waals surface area contributed by atoms with Gasteiger partial charge in [-0.15, -0.1) is 0 Å². The third kappa shape index (κ3) is 1.50. The number of hydrogen-bond acceptors (Lipinski definition) is 2. The summed E-state index contributed by atoms with van der Waals surface area (Å²) in [4.78, 5) is 0. The predicted octanol–water partition coefficient (Wildman–Crippen LogP) is 3.10. The van der Waals surface area contributed by atoms with E-state index in [0.717, 1.165) is 0 Å². The molecule has 1 aliphatic rings. The second-order valence-electron chi connectivity index (χ2n) is 3.32. The number of benzene rings is 1. The van der Waals surface area contributed by atoms with E-state index >= 15 is 0 Å². The standard InChI is InChI=1S/C9H8BrFO2/c1-9(2)12-7-3-5(10)6(11)4-8(7)13-9/h3-4H,1-2H3. The van der Waals surface area contributed by atoms with Crippen molar-refractivity contribution in [3.05, 3.63) is 22.4 Å². The van der Waals surface area contributed by atoms with Crippen molar-refractivity contribution < 1.29 is 13.9 Å². The van der Waals surface area contributed by atoms with Crippen LogP contribution in [0.25, 0.3) is 0 Å². The normalized spacial score (nSPS) is 17.5. The third-order valence-corrected chi connectivity index (χ3v) is 2.31. The summed E-state index contributed by atoms with van der Waals surface area (Å²) < 4.78 is 24.2. The molecule has 13 heavy (non-hydrogen) atoms. The van der Waals surface area contributed by atoms with E-state index in [2.05, 4.69) is 15.9 Å². The van der Waals surface area contributed by atoms with Crippen LogP contribution in [0, 0.1) is 5.82 Å². The van der Waals surface area contributed by atoms with Gasteiger partial charge in [0.25, 0.3) is 0 Å². The van der Waals surface area contributed by atoms with Gasteiger partial charge in [0, 0.05) is 26.0 Å². The maximum Gasteiger partial charge on any atom is 0.246 e. The van der Waals surface area contributed by atoms with Gasteiger partial charge in [0.2, 0.25) is 5.79 Å². The van der Waals surface area contributed by atoms with Gasteiger partial charge in [0.05, 0.1) is 4.47 Å². The van der Waals surface area contributed by atoms with Gasteiger partial charge in [0.15, 0.2) is 11.5 Å². The Morgan fingerprint density at radius 2 is 1.77 bits per heavy atom. The Morgan fingerprint density at radius 1 is 1.23 bits per heavy atom. The monoisotopic (exact) mass is 246 g/mol. The largest absolute Gasteiger partial charge is 0.449 e. The van der Waals surface area contributed by atoms with Crippen molar-refractivity contribution in [2.45, 2.75) is 19.6 Å². The van der Waals surface area contributed by atoms with Crippen molar-refractivity contribution in [2.75, 3.05) is 0 Å². The van der Waals surface area contributed by atoms with Crippen molar-refractivity contribution in [3.63, 3.8) is 0 Å². The molecular weight excluding hydrogens is 239 g/mol. The first-order valence-corrected chi connectivity index (χ1v) is 4.64. The molecule has 4 heteroatoms. The summed E-state index contributed by atoms with van der Waals surface area (Å²) in [6.45, 7) is 3.55. The fourth-order valence-electron chi connectivity index (χ4n) is 1.22. The number of ether oxygens (including phenoxy) is 2. The number of hydrogen-bond donors (Lipinski definition) is 0. The molecule has 2 rings (SSSR count). The van der Waals surface area contributed by atoms with Crippen LogP contribution in [0.1, 0.15) is 13.8 Å². The van der Waals surface area contributed by atoms with Crippen molar-refractivity contribution in [1.29, 1.82) is 0 Å². The molecule has 0 aromatic heterocycles. The van der Waals surface area contributed by atoms with E-state index in [1.54, 1.807) is 19.9 Å². The molecule has 0 amide bonds. The van der Waals surface area contributed by atoms with Crippen LogP contribution < -0.4 is 9.47 Å². The first kappa shape index (κ1) is 8.81. The molecule has 1 heterocycles. The van der Waals surface area contributed by atoms with E-state index in [4.69, 9.17) is 9.47 Å². The van der Waals surface area contributed by atoms with Crippen molar-refractivity contribution in [2.24, 2.45) is 0 Å². The molecule has 70 valence electrons. The van der Waals surface area contributed by atoms with Crippen molar-refractivity contribution >= 4 is 15.9 Å². The molecule has 2 nitrogen and oxygen atoms in total. The zero-order chi connectivity index (χ0) is 9.64. The van der Waals surface area contributed by atoms with E-state index in [9.17, 15) is 4.39 Å².